The molecule has 11 rings (SSSR count). The van der Waals surface area contributed by atoms with Crippen molar-refractivity contribution in [1.82, 2.24) is 0 Å². The van der Waals surface area contributed by atoms with Crippen molar-refractivity contribution in [2.24, 2.45) is 23.7 Å². The number of aromatic hydroxyl groups is 6. The summed E-state index contributed by atoms with van der Waals surface area (Å²) in [5.41, 5.74) is 19.4. The average molecular weight is 1610 g/mol. The minimum Gasteiger partial charge on any atom is -0.508 e. The van der Waals surface area contributed by atoms with E-state index in [4.69, 9.17) is 66.5 Å². The Morgan fingerprint density at radius 2 is 0.609 bits per heavy atom. The zero-order chi connectivity index (χ0) is 83.2. The van der Waals surface area contributed by atoms with Crippen molar-refractivity contribution in [3.8, 4) is 51.7 Å². The normalized spacial score (nSPS) is 15.5. The number of phenolic OH excluding ortho intramolecular Hbond substituents is 6. The first-order valence-electron chi connectivity index (χ1n) is 39.0. The molecule has 7 N–H and O–H groups in total. The van der Waals surface area contributed by atoms with Crippen LogP contribution in [0.2, 0.25) is 0 Å². The minimum absolute atomic E-state index is 0.129. The minimum atomic E-state index is -1.03. The predicted octanol–water partition coefficient (Wildman–Crippen LogP) is 19.8. The smallest absolute Gasteiger partial charge is 0.346 e. The van der Waals surface area contributed by atoms with E-state index in [0.29, 0.717) is 66.8 Å². The van der Waals surface area contributed by atoms with Gasteiger partial charge in [0.25, 0.3) is 0 Å². The quantitative estimate of drug-likeness (QED) is 0.00699. The standard InChI is InChI=1S/C60H68O12.C25H26O5.C9H16Cl2O2/c1-35-25-53(61)39(5)21-49(35)59(50-22-40(6)54(62)26-36(50)2)45-13-17-47(18-14-45)69-31-57(65)71-33-67-29-43-9-11-44(12-10-43)30-68-34-72-58(66)32-70-48-19-15-46(16-20-48)60(51-23-41(7)55(63)27-37(51)3)52-24-42(8)56(64)28-38(52)4;1-14-12-22(26)15(2)11-21(14)24(19-9-16(3)25(29)17(4)10-19)18-5-7-20(8-6-18)30-13-23(27)28;10-7-12-5-8-1-3-9(4-2-8)6-13-11/h13-28,43-44,59-64H,9-12,29-34H2,1-8H3;5-12,24,26,29H,13H2,1-4H3,(H,27,28);8-9H,1-7H2. The maximum atomic E-state index is 12.5. The third kappa shape index (κ3) is 25.0. The number of carbonyl (C=O) groups is 3. The van der Waals surface area contributed by atoms with Crippen molar-refractivity contribution in [2.45, 2.75) is 152 Å². The molecule has 9 aromatic rings. The fourth-order valence-electron chi connectivity index (χ4n) is 15.3. The highest BCUT2D eigenvalue weighted by Gasteiger charge is 2.29. The van der Waals surface area contributed by atoms with Gasteiger partial charge in [0, 0.05) is 17.8 Å². The van der Waals surface area contributed by atoms with Gasteiger partial charge in [0.1, 0.15) is 57.8 Å². The molecule has 1 unspecified atom stereocenters. The summed E-state index contributed by atoms with van der Waals surface area (Å²) in [6.07, 6.45) is 8.57. The Balaban J connectivity index is 0.000000285. The Labute approximate surface area is 685 Å². The van der Waals surface area contributed by atoms with Gasteiger partial charge in [-0.05, 0) is 342 Å². The number of rotatable bonds is 31. The van der Waals surface area contributed by atoms with Crippen LogP contribution in [0.15, 0.2) is 146 Å². The molecule has 0 aromatic heterocycles. The molecule has 2 aliphatic carbocycles. The van der Waals surface area contributed by atoms with Crippen LogP contribution in [0.5, 0.6) is 51.7 Å². The molecule has 9 aromatic carbocycles. The van der Waals surface area contributed by atoms with Gasteiger partial charge in [0.15, 0.2) is 33.4 Å². The highest BCUT2D eigenvalue weighted by molar-refractivity contribution is 6.17. The van der Waals surface area contributed by atoms with Crippen LogP contribution >= 0.6 is 23.5 Å². The molecule has 0 radical (unpaired) electrons. The zero-order valence-corrected chi connectivity index (χ0v) is 69.4. The molecule has 2 saturated carbocycles. The predicted molar refractivity (Wildman–Crippen MR) is 445 cm³/mol. The molecule has 115 heavy (non-hydrogen) atoms. The number of aryl methyl sites for hydroxylation is 12. The van der Waals surface area contributed by atoms with Crippen molar-refractivity contribution in [3.63, 3.8) is 0 Å². The van der Waals surface area contributed by atoms with Crippen LogP contribution in [0.4, 0.5) is 0 Å². The summed E-state index contributed by atoms with van der Waals surface area (Å²) in [5.74, 6) is 2.43. The van der Waals surface area contributed by atoms with Gasteiger partial charge in [-0.2, -0.15) is 0 Å². The Morgan fingerprint density at radius 3 is 0.896 bits per heavy atom. The van der Waals surface area contributed by atoms with Crippen LogP contribution in [0, 0.1) is 107 Å². The first kappa shape index (κ1) is 89.0. The SMILES string of the molecule is Cc1cc(C(c2ccc(OCC(=O)O)cc2)c2cc(C)c(O)c(C)c2)c(C)cc1O.Cc1cc(C(c2ccc(OCC(=O)OCOCC3CCC(COCOC(=O)COc4ccc(C(c5cc(C)c(O)cc5C)c5cc(C)c(O)cc5C)cc4)CC3)cc2)c2cc(C)c(O)cc2C)c(C)cc1O.ClCOCC1CCC(COCl)CC1. The summed E-state index contributed by atoms with van der Waals surface area (Å²) in [5, 5.41) is 70.7. The van der Waals surface area contributed by atoms with Crippen LogP contribution < -0.4 is 14.2 Å². The number of phenols is 6. The summed E-state index contributed by atoms with van der Waals surface area (Å²) in [7, 11) is 0. The lowest BCUT2D eigenvalue weighted by molar-refractivity contribution is -0.161. The number of benzene rings is 9. The second-order valence-electron chi connectivity index (χ2n) is 30.8. The molecule has 1 atom stereocenters. The fraction of sp³-hybridized carbons (Fsp3) is 0.394. The van der Waals surface area contributed by atoms with Crippen LogP contribution in [0.25, 0.3) is 0 Å². The van der Waals surface area contributed by atoms with Gasteiger partial charge in [-0.15, -0.1) is 0 Å². The summed E-state index contributed by atoms with van der Waals surface area (Å²) in [6, 6.07) is 45.7. The van der Waals surface area contributed by atoms with Gasteiger partial charge in [0.05, 0.1) is 38.3 Å². The fourth-order valence-corrected chi connectivity index (χ4v) is 15.6. The van der Waals surface area contributed by atoms with E-state index in [1.807, 2.05) is 186 Å². The lowest BCUT2D eigenvalue weighted by Crippen LogP contribution is -2.24. The number of carbonyl (C=O) groups excluding carboxylic acids is 2. The first-order valence-corrected chi connectivity index (χ1v) is 39.9. The molecule has 2 fully saturated rings. The van der Waals surface area contributed by atoms with Crippen LogP contribution in [0.1, 0.15) is 186 Å². The molecular weight excluding hydrogens is 1500 g/mol. The van der Waals surface area contributed by atoms with Crippen molar-refractivity contribution in [2.75, 3.05) is 65.9 Å². The number of ether oxygens (including phenoxy) is 8. The Kier molecular flexibility index (Phi) is 32.9. The van der Waals surface area contributed by atoms with Gasteiger partial charge in [0.2, 0.25) is 0 Å². The van der Waals surface area contributed by atoms with Crippen molar-refractivity contribution >= 4 is 41.4 Å². The number of carboxylic acid groups (broad SMARTS) is 1. The van der Waals surface area contributed by atoms with Crippen molar-refractivity contribution in [1.29, 1.82) is 0 Å². The van der Waals surface area contributed by atoms with E-state index in [-0.39, 0.29) is 79.1 Å². The monoisotopic (exact) mass is 1610 g/mol. The molecule has 0 saturated heterocycles. The van der Waals surface area contributed by atoms with Gasteiger partial charge < -0.3 is 73.6 Å². The summed E-state index contributed by atoms with van der Waals surface area (Å²) in [4.78, 5) is 35.8. The average Bonchev–Trinajstić information content (AvgIpc) is 0.785. The second-order valence-corrected chi connectivity index (χ2v) is 31.2. The van der Waals surface area contributed by atoms with Gasteiger partial charge in [-0.3, -0.25) is 4.29 Å². The van der Waals surface area contributed by atoms with E-state index in [9.17, 15) is 45.0 Å². The van der Waals surface area contributed by atoms with E-state index in [1.54, 1.807) is 42.5 Å². The lowest BCUT2D eigenvalue weighted by atomic mass is 9.80. The number of carboxylic acids is 1. The van der Waals surface area contributed by atoms with Gasteiger partial charge >= 0.3 is 17.9 Å². The number of aliphatic carboxylic acids is 1. The first-order chi connectivity index (χ1) is 55.0. The molecular formula is C94H110Cl2O19. The summed E-state index contributed by atoms with van der Waals surface area (Å²) >= 11 is 10.7. The zero-order valence-electron chi connectivity index (χ0n) is 67.9. The molecule has 0 spiro atoms. The van der Waals surface area contributed by atoms with Gasteiger partial charge in [-0.25, -0.2) is 14.4 Å². The molecule has 0 heterocycles. The molecule has 0 bridgehead atoms. The highest BCUT2D eigenvalue weighted by Crippen LogP contribution is 2.44. The van der Waals surface area contributed by atoms with Crippen molar-refractivity contribution < 1.29 is 92.3 Å². The van der Waals surface area contributed by atoms with E-state index < -0.39 is 24.5 Å². The van der Waals surface area contributed by atoms with E-state index in [2.05, 4.69) is 4.29 Å². The maximum absolute atomic E-state index is 12.5. The molecule has 0 amide bonds. The Bertz CT molecular complexity index is 4400. The molecule has 0 aliphatic heterocycles. The van der Waals surface area contributed by atoms with Gasteiger partial charge in [-0.1, -0.05) is 90.5 Å². The Hall–Kier alpha value is -9.99. The number of alkyl halides is 1. The van der Waals surface area contributed by atoms with E-state index in [0.717, 1.165) is 149 Å². The third-order valence-corrected chi connectivity index (χ3v) is 22.3. The van der Waals surface area contributed by atoms with Crippen LogP contribution in [0.3, 0.4) is 0 Å². The molecule has 19 nitrogen and oxygen atoms in total. The molecule has 21 heteroatoms. The topological polar surface area (TPSA) is 276 Å². The highest BCUT2D eigenvalue weighted by atomic mass is 35.5. The summed E-state index contributed by atoms with van der Waals surface area (Å²) < 4.78 is 48.6. The van der Waals surface area contributed by atoms with Crippen molar-refractivity contribution in [3.05, 3.63) is 262 Å². The number of hydrogen-bond donors (Lipinski definition) is 7. The second kappa shape index (κ2) is 42.6. The summed E-state index contributed by atoms with van der Waals surface area (Å²) in [6.45, 7) is 24.2. The largest absolute Gasteiger partial charge is 0.508 e. The maximum Gasteiger partial charge on any atom is 0.346 e. The lowest BCUT2D eigenvalue weighted by Gasteiger charge is -2.28. The Morgan fingerprint density at radius 1 is 0.339 bits per heavy atom. The van der Waals surface area contributed by atoms with E-state index in [1.165, 1.54) is 25.7 Å². The van der Waals surface area contributed by atoms with Crippen LogP contribution in [-0.4, -0.2) is 120 Å². The van der Waals surface area contributed by atoms with E-state index >= 15 is 0 Å². The number of halogens is 2. The van der Waals surface area contributed by atoms with Crippen LogP contribution in [-0.2, 0) is 42.4 Å². The molecule has 614 valence electrons. The number of hydrogen-bond acceptors (Lipinski definition) is 18. The molecule has 2 aliphatic rings. The third-order valence-electron chi connectivity index (χ3n) is 22.0. The number of esters is 2.